The van der Waals surface area contributed by atoms with Crippen LogP contribution in [-0.4, -0.2) is 39.9 Å². The zero-order valence-electron chi connectivity index (χ0n) is 20.0. The Morgan fingerprint density at radius 1 is 1.03 bits per heavy atom. The molecular formula is C28H21Br2FN2O4S. The Labute approximate surface area is 240 Å². The first-order valence-electron chi connectivity index (χ1n) is 11.7. The Morgan fingerprint density at radius 3 is 2.42 bits per heavy atom. The summed E-state index contributed by atoms with van der Waals surface area (Å²) in [7, 11) is 0. The molecule has 3 aromatic carbocycles. The van der Waals surface area contributed by atoms with E-state index in [0.717, 1.165) is 34.2 Å². The minimum atomic E-state index is -0.491. The number of carbonyl (C=O) groups excluding carboxylic acids is 3. The highest BCUT2D eigenvalue weighted by molar-refractivity contribution is 9.11. The summed E-state index contributed by atoms with van der Waals surface area (Å²) in [6.45, 7) is 0.984. The molecule has 10 heteroatoms. The highest BCUT2D eigenvalue weighted by Crippen LogP contribution is 2.38. The molecule has 5 rings (SSSR count). The van der Waals surface area contributed by atoms with Crippen molar-refractivity contribution < 1.29 is 23.5 Å². The van der Waals surface area contributed by atoms with Gasteiger partial charge in [0, 0.05) is 13.1 Å². The molecule has 0 N–H and O–H groups in total. The molecule has 0 unspecified atom stereocenters. The van der Waals surface area contributed by atoms with Crippen LogP contribution in [-0.2, 0) is 29.2 Å². The van der Waals surface area contributed by atoms with Crippen LogP contribution in [0.15, 0.2) is 74.5 Å². The van der Waals surface area contributed by atoms with Crippen molar-refractivity contribution >= 4 is 66.8 Å². The van der Waals surface area contributed by atoms with Crippen molar-refractivity contribution in [2.75, 3.05) is 13.1 Å². The van der Waals surface area contributed by atoms with Crippen LogP contribution in [0.25, 0.3) is 6.08 Å². The molecule has 3 aromatic rings. The maximum absolute atomic E-state index is 13.1. The van der Waals surface area contributed by atoms with Gasteiger partial charge < -0.3 is 9.64 Å². The van der Waals surface area contributed by atoms with Crippen molar-refractivity contribution in [1.82, 2.24) is 9.80 Å². The molecule has 0 bridgehead atoms. The number of benzene rings is 3. The van der Waals surface area contributed by atoms with Gasteiger partial charge in [-0.2, -0.15) is 0 Å². The Kier molecular flexibility index (Phi) is 8.01. The van der Waals surface area contributed by atoms with Crippen molar-refractivity contribution in [2.24, 2.45) is 0 Å². The van der Waals surface area contributed by atoms with Crippen LogP contribution in [0.3, 0.4) is 0 Å². The Hall–Kier alpha value is -2.95. The van der Waals surface area contributed by atoms with Gasteiger partial charge >= 0.3 is 0 Å². The van der Waals surface area contributed by atoms with E-state index in [9.17, 15) is 18.8 Å². The van der Waals surface area contributed by atoms with Crippen LogP contribution in [0.1, 0.15) is 22.3 Å². The number of amides is 3. The SMILES string of the molecule is O=C(CN1C(=O)S/C(=C/c2cc(Br)c(OCc3ccc(F)cc3)c(Br)c2)C1=O)N1CCc2ccccc2C1. The lowest BCUT2D eigenvalue weighted by Crippen LogP contribution is -2.44. The lowest BCUT2D eigenvalue weighted by molar-refractivity contribution is -0.136. The molecule has 194 valence electrons. The average Bonchev–Trinajstić information content (AvgIpc) is 3.16. The van der Waals surface area contributed by atoms with Crippen LogP contribution in [0.5, 0.6) is 5.75 Å². The molecule has 0 spiro atoms. The molecule has 1 fully saturated rings. The van der Waals surface area contributed by atoms with Crippen molar-refractivity contribution in [3.63, 3.8) is 0 Å². The fourth-order valence-electron chi connectivity index (χ4n) is 4.27. The van der Waals surface area contributed by atoms with Crippen molar-refractivity contribution in [3.8, 4) is 5.75 Å². The summed E-state index contributed by atoms with van der Waals surface area (Å²) >= 11 is 7.81. The molecular weight excluding hydrogens is 639 g/mol. The van der Waals surface area contributed by atoms with E-state index in [4.69, 9.17) is 4.74 Å². The van der Waals surface area contributed by atoms with Crippen LogP contribution in [0, 0.1) is 5.82 Å². The minimum Gasteiger partial charge on any atom is -0.487 e. The molecule has 2 heterocycles. The summed E-state index contributed by atoms with van der Waals surface area (Å²) < 4.78 is 20.3. The Bertz CT molecular complexity index is 1440. The lowest BCUT2D eigenvalue weighted by Gasteiger charge is -2.29. The van der Waals surface area contributed by atoms with Gasteiger partial charge in [0.1, 0.15) is 24.7 Å². The number of imide groups is 1. The zero-order chi connectivity index (χ0) is 26.8. The highest BCUT2D eigenvalue weighted by atomic mass is 79.9. The van der Waals surface area contributed by atoms with E-state index < -0.39 is 11.1 Å². The Balaban J connectivity index is 1.25. The minimum absolute atomic E-state index is 0.241. The van der Waals surface area contributed by atoms with Gasteiger partial charge in [0.2, 0.25) is 5.91 Å². The molecule has 0 aliphatic carbocycles. The van der Waals surface area contributed by atoms with Crippen LogP contribution < -0.4 is 4.74 Å². The van der Waals surface area contributed by atoms with E-state index in [2.05, 4.69) is 37.9 Å². The number of hydrogen-bond acceptors (Lipinski definition) is 5. The number of halogens is 3. The predicted molar refractivity (Wildman–Crippen MR) is 151 cm³/mol. The van der Waals surface area contributed by atoms with E-state index in [1.165, 1.54) is 17.7 Å². The molecule has 2 aliphatic heterocycles. The van der Waals surface area contributed by atoms with E-state index in [1.54, 1.807) is 35.2 Å². The second-order valence-electron chi connectivity index (χ2n) is 8.83. The van der Waals surface area contributed by atoms with Crippen LogP contribution in [0.2, 0.25) is 0 Å². The summed E-state index contributed by atoms with van der Waals surface area (Å²) in [4.78, 5) is 41.5. The fraction of sp³-hybridized carbons (Fsp3) is 0.179. The van der Waals surface area contributed by atoms with Gasteiger partial charge in [-0.15, -0.1) is 0 Å². The van der Waals surface area contributed by atoms with Crippen LogP contribution in [0.4, 0.5) is 9.18 Å². The molecule has 0 saturated carbocycles. The highest BCUT2D eigenvalue weighted by Gasteiger charge is 2.37. The molecule has 1 saturated heterocycles. The normalized spacial score (nSPS) is 16.2. The van der Waals surface area contributed by atoms with E-state index in [1.807, 2.05) is 18.2 Å². The number of carbonyl (C=O) groups is 3. The molecule has 0 aromatic heterocycles. The molecule has 0 atom stereocenters. The van der Waals surface area contributed by atoms with E-state index in [-0.39, 0.29) is 29.8 Å². The second kappa shape index (κ2) is 11.4. The van der Waals surface area contributed by atoms with Gasteiger partial charge in [-0.05, 0) is 103 Å². The third kappa shape index (κ3) is 5.87. The first-order valence-corrected chi connectivity index (χ1v) is 14.1. The quantitative estimate of drug-likeness (QED) is 0.281. The average molecular weight is 660 g/mol. The number of rotatable bonds is 6. The third-order valence-corrected chi connectivity index (χ3v) is 8.35. The maximum Gasteiger partial charge on any atom is 0.294 e. The predicted octanol–water partition coefficient (Wildman–Crippen LogP) is 6.55. The summed E-state index contributed by atoms with van der Waals surface area (Å²) in [6, 6.07) is 17.6. The Morgan fingerprint density at radius 2 is 1.71 bits per heavy atom. The van der Waals surface area contributed by atoms with Gasteiger partial charge in [0.05, 0.1) is 13.9 Å². The van der Waals surface area contributed by atoms with Gasteiger partial charge in [-0.25, -0.2) is 4.39 Å². The van der Waals surface area contributed by atoms with Gasteiger partial charge in [-0.3, -0.25) is 19.3 Å². The molecule has 2 aliphatic rings. The van der Waals surface area contributed by atoms with E-state index >= 15 is 0 Å². The summed E-state index contributed by atoms with van der Waals surface area (Å²) in [6.07, 6.45) is 2.36. The largest absolute Gasteiger partial charge is 0.487 e. The summed E-state index contributed by atoms with van der Waals surface area (Å²) in [5.74, 6) is -0.509. The molecule has 6 nitrogen and oxygen atoms in total. The van der Waals surface area contributed by atoms with Gasteiger partial charge in [0.25, 0.3) is 11.1 Å². The zero-order valence-corrected chi connectivity index (χ0v) is 23.9. The van der Waals surface area contributed by atoms with Crippen LogP contribution >= 0.6 is 43.6 Å². The molecule has 38 heavy (non-hydrogen) atoms. The maximum atomic E-state index is 13.1. The van der Waals surface area contributed by atoms with Gasteiger partial charge in [0.15, 0.2) is 0 Å². The van der Waals surface area contributed by atoms with Crippen molar-refractivity contribution in [2.45, 2.75) is 19.6 Å². The number of thioether (sulfide) groups is 1. The number of hydrogen-bond donors (Lipinski definition) is 0. The standard InChI is InChI=1S/C28H21Br2FN2O4S/c29-22-11-18(12-23(30)26(22)37-16-17-5-7-21(31)8-6-17)13-24-27(35)33(28(36)38-24)15-25(34)32-10-9-19-3-1-2-4-20(19)14-32/h1-8,11-13H,9-10,14-16H2/b24-13+. The number of nitrogens with zero attached hydrogens (tertiary/aromatic N) is 2. The number of ether oxygens (including phenoxy) is 1. The topological polar surface area (TPSA) is 66.9 Å². The molecule has 3 amide bonds. The number of fused-ring (bicyclic) bond motifs is 1. The van der Waals surface area contributed by atoms with Crippen molar-refractivity contribution in [3.05, 3.63) is 103 Å². The third-order valence-electron chi connectivity index (χ3n) is 6.27. The first-order chi connectivity index (χ1) is 18.3. The fourth-order valence-corrected chi connectivity index (χ4v) is 6.56. The summed E-state index contributed by atoms with van der Waals surface area (Å²) in [5, 5.41) is -0.468. The molecule has 0 radical (unpaired) electrons. The second-order valence-corrected chi connectivity index (χ2v) is 11.5. The smallest absolute Gasteiger partial charge is 0.294 e. The first kappa shape index (κ1) is 26.6. The summed E-state index contributed by atoms with van der Waals surface area (Å²) in [5.41, 5.74) is 3.78. The van der Waals surface area contributed by atoms with E-state index in [0.29, 0.717) is 33.3 Å². The monoisotopic (exact) mass is 658 g/mol. The lowest BCUT2D eigenvalue weighted by atomic mass is 10.00. The van der Waals surface area contributed by atoms with Crippen molar-refractivity contribution in [1.29, 1.82) is 0 Å². The van der Waals surface area contributed by atoms with Gasteiger partial charge in [-0.1, -0.05) is 36.4 Å².